The van der Waals surface area contributed by atoms with Gasteiger partial charge in [0.05, 0.1) is 0 Å². The number of hydrogen-bond acceptors (Lipinski definition) is 2. The second-order valence-electron chi connectivity index (χ2n) is 10.9. The normalized spacial score (nSPS) is 12.9. The molecule has 0 aliphatic heterocycles. The van der Waals surface area contributed by atoms with E-state index in [-0.39, 0.29) is 0 Å². The minimum atomic E-state index is -7.37. The Kier molecular flexibility index (Phi) is 15.2. The van der Waals surface area contributed by atoms with Gasteiger partial charge in [-0.25, -0.2) is 0 Å². The van der Waals surface area contributed by atoms with Crippen molar-refractivity contribution in [2.75, 3.05) is 0 Å². The van der Waals surface area contributed by atoms with Crippen molar-refractivity contribution in [3.8, 4) is 0 Å². The summed E-state index contributed by atoms with van der Waals surface area (Å²) in [5.41, 5.74) is 1.48. The van der Waals surface area contributed by atoms with Gasteiger partial charge >= 0.3 is 33.4 Å². The van der Waals surface area contributed by atoms with E-state index in [1.807, 2.05) is 0 Å². The first-order chi connectivity index (χ1) is 21.9. The van der Waals surface area contributed by atoms with Crippen LogP contribution in [0.15, 0.2) is 84.9 Å². The molecule has 3 aromatic rings. The monoisotopic (exact) mass is 716 g/mol. The first-order valence-corrected chi connectivity index (χ1v) is 17.8. The van der Waals surface area contributed by atoms with Crippen molar-refractivity contribution in [1.29, 1.82) is 0 Å². The molecule has 3 nitrogen and oxygen atoms in total. The van der Waals surface area contributed by atoms with Gasteiger partial charge < -0.3 is 0 Å². The first-order valence-electron chi connectivity index (χ1n) is 15.0. The Bertz CT molecular complexity index is 1400. The van der Waals surface area contributed by atoms with Crippen LogP contribution in [-0.4, -0.2) is 36.2 Å². The second-order valence-corrected chi connectivity index (χ2v) is 14.6. The summed E-state index contributed by atoms with van der Waals surface area (Å²) >= 11 is 0. The van der Waals surface area contributed by atoms with Gasteiger partial charge in [-0.05, 0) is 42.2 Å². The second kappa shape index (κ2) is 17.7. The van der Waals surface area contributed by atoms with E-state index in [9.17, 15) is 47.9 Å². The molecule has 3 aromatic carbocycles. The summed E-state index contributed by atoms with van der Waals surface area (Å²) in [4.78, 5) is 0. The average molecular weight is 717 g/mol. The predicted molar refractivity (Wildman–Crippen MR) is 169 cm³/mol. The smallest absolute Gasteiger partial charge is 0.281 e. The third-order valence-corrected chi connectivity index (χ3v) is 10.6. The summed E-state index contributed by atoms with van der Waals surface area (Å²) < 4.78 is 134. The van der Waals surface area contributed by atoms with Crippen LogP contribution in [0.25, 0.3) is 0 Å². The zero-order valence-electron chi connectivity index (χ0n) is 25.7. The molecule has 3 rings (SSSR count). The average Bonchev–Trinajstić information content (AvgIpc) is 3.01. The van der Waals surface area contributed by atoms with Crippen LogP contribution in [-0.2, 0) is 16.5 Å². The molecule has 0 unspecified atom stereocenters. The fourth-order valence-electron chi connectivity index (χ4n) is 4.58. The minimum Gasteiger partial charge on any atom is -0.281 e. The highest BCUT2D eigenvalue weighted by Gasteiger charge is 2.85. The molecule has 1 N–H and O–H groups in total. The number of rotatable bonds is 16. The highest BCUT2D eigenvalue weighted by atomic mass is 32.2. The van der Waals surface area contributed by atoms with Crippen molar-refractivity contribution < 1.29 is 52.5 Å². The van der Waals surface area contributed by atoms with Crippen LogP contribution in [0.3, 0.4) is 0 Å². The molecular weight excluding hydrogens is 678 g/mol. The van der Waals surface area contributed by atoms with Crippen molar-refractivity contribution >= 4 is 34.0 Å². The summed E-state index contributed by atoms with van der Waals surface area (Å²) in [5, 5.41) is -2.71. The standard InChI is InChI=1S/C29H37P.C4HF9O3S/c1-2-3-4-5-6-7-8-9-12-17-26-22-24-29(25-23-26)30(27-18-13-10-14-19-27)28-20-15-11-16-21-28;5-1(6,3(9,10)11)2(7,8)4(12,13)17(14,15)16/h10-11,13-16,18-25H,2-9,12,17H2,1H3;(H,14,15,16). The Morgan fingerprint density at radius 3 is 1.32 bits per heavy atom. The number of unbranched alkanes of at least 4 members (excludes halogenated alkanes) is 8. The molecule has 0 bridgehead atoms. The Hall–Kier alpha value is -2.63. The number of alkyl halides is 9. The fourth-order valence-corrected chi connectivity index (χ4v) is 7.31. The molecule has 262 valence electrons. The Morgan fingerprint density at radius 2 is 0.936 bits per heavy atom. The van der Waals surface area contributed by atoms with Gasteiger partial charge in [0, 0.05) is 0 Å². The molecule has 0 saturated carbocycles. The summed E-state index contributed by atoms with van der Waals surface area (Å²) in [6.07, 6.45) is 6.63. The highest BCUT2D eigenvalue weighted by Crippen LogP contribution is 2.54. The SMILES string of the molecule is CCCCCCCCCCCc1ccc(P(c2ccccc2)c2ccccc2)cc1.O=S(=O)(O)C(F)(F)C(F)(F)C(F)(F)C(F)(F)F. The third-order valence-electron chi connectivity index (χ3n) is 7.23. The number of halogens is 9. The molecule has 47 heavy (non-hydrogen) atoms. The zero-order valence-corrected chi connectivity index (χ0v) is 27.4. The van der Waals surface area contributed by atoms with Crippen LogP contribution in [0.1, 0.15) is 70.3 Å². The maximum absolute atomic E-state index is 12.2. The van der Waals surface area contributed by atoms with Gasteiger partial charge in [0.1, 0.15) is 0 Å². The van der Waals surface area contributed by atoms with E-state index in [0.717, 1.165) is 0 Å². The molecule has 0 amide bonds. The molecule has 0 fully saturated rings. The van der Waals surface area contributed by atoms with Gasteiger partial charge in [0.25, 0.3) is 0 Å². The molecule has 0 saturated heterocycles. The van der Waals surface area contributed by atoms with Gasteiger partial charge in [-0.2, -0.15) is 47.9 Å². The third kappa shape index (κ3) is 10.9. The molecule has 0 aliphatic rings. The molecule has 0 aliphatic carbocycles. The first kappa shape index (κ1) is 40.5. The van der Waals surface area contributed by atoms with Crippen molar-refractivity contribution in [2.24, 2.45) is 0 Å². The summed E-state index contributed by atoms with van der Waals surface area (Å²) in [7, 11) is -7.65. The lowest BCUT2D eigenvalue weighted by Crippen LogP contribution is -2.63. The van der Waals surface area contributed by atoms with Crippen molar-refractivity contribution in [2.45, 2.75) is 94.4 Å². The highest BCUT2D eigenvalue weighted by molar-refractivity contribution is 7.87. The molecule has 0 heterocycles. The topological polar surface area (TPSA) is 54.4 Å². The van der Waals surface area contributed by atoms with Crippen LogP contribution in [0.4, 0.5) is 39.5 Å². The van der Waals surface area contributed by atoms with Crippen LogP contribution < -0.4 is 15.9 Å². The molecular formula is C33H38F9O3PS. The lowest BCUT2D eigenvalue weighted by atomic mass is 10.0. The zero-order chi connectivity index (χ0) is 35.4. The van der Waals surface area contributed by atoms with Gasteiger partial charge in [0.2, 0.25) is 0 Å². The van der Waals surface area contributed by atoms with Crippen molar-refractivity contribution in [3.05, 3.63) is 90.5 Å². The predicted octanol–water partition coefficient (Wildman–Crippen LogP) is 9.82. The Balaban J connectivity index is 0.000000387. The lowest BCUT2D eigenvalue weighted by molar-refractivity contribution is -0.382. The quantitative estimate of drug-likeness (QED) is 0.0696. The van der Waals surface area contributed by atoms with Gasteiger partial charge in [0.15, 0.2) is 0 Å². The van der Waals surface area contributed by atoms with Crippen LogP contribution in [0.5, 0.6) is 0 Å². The number of aryl methyl sites for hydroxylation is 1. The summed E-state index contributed by atoms with van der Waals surface area (Å²) in [6.45, 7) is 2.29. The van der Waals surface area contributed by atoms with E-state index in [1.165, 1.54) is 85.7 Å². The van der Waals surface area contributed by atoms with Gasteiger partial charge in [-0.3, -0.25) is 4.55 Å². The van der Waals surface area contributed by atoms with Gasteiger partial charge in [-0.15, -0.1) is 0 Å². The fraction of sp³-hybridized carbons (Fsp3) is 0.455. The molecule has 0 aromatic heterocycles. The number of benzene rings is 3. The van der Waals surface area contributed by atoms with Crippen LogP contribution in [0.2, 0.25) is 0 Å². The molecule has 0 atom stereocenters. The summed E-state index contributed by atoms with van der Waals surface area (Å²) in [5.74, 6) is -14.7. The Morgan fingerprint density at radius 1 is 0.553 bits per heavy atom. The van der Waals surface area contributed by atoms with Crippen molar-refractivity contribution in [1.82, 2.24) is 0 Å². The van der Waals surface area contributed by atoms with Crippen LogP contribution in [0, 0.1) is 0 Å². The van der Waals surface area contributed by atoms with E-state index in [4.69, 9.17) is 4.55 Å². The van der Waals surface area contributed by atoms with E-state index in [2.05, 4.69) is 91.9 Å². The molecule has 14 heteroatoms. The lowest BCUT2D eigenvalue weighted by Gasteiger charge is -2.31. The number of hydrogen-bond donors (Lipinski definition) is 1. The largest absolute Gasteiger partial charge is 0.460 e. The minimum absolute atomic E-state index is 0.486. The van der Waals surface area contributed by atoms with E-state index >= 15 is 0 Å². The molecule has 0 radical (unpaired) electrons. The summed E-state index contributed by atoms with van der Waals surface area (Å²) in [6, 6.07) is 31.4. The van der Waals surface area contributed by atoms with E-state index in [1.54, 1.807) is 0 Å². The maximum atomic E-state index is 12.2. The van der Waals surface area contributed by atoms with E-state index < -0.39 is 41.3 Å². The molecule has 0 spiro atoms. The maximum Gasteiger partial charge on any atom is 0.460 e. The van der Waals surface area contributed by atoms with Gasteiger partial charge in [-0.1, -0.05) is 143 Å². The Labute approximate surface area is 271 Å². The van der Waals surface area contributed by atoms with Crippen LogP contribution >= 0.6 is 7.92 Å². The van der Waals surface area contributed by atoms with E-state index in [0.29, 0.717) is 0 Å². The van der Waals surface area contributed by atoms with Crippen molar-refractivity contribution in [3.63, 3.8) is 0 Å².